The molecule has 106 valence electrons. The van der Waals surface area contributed by atoms with Crippen molar-refractivity contribution in [2.24, 2.45) is 11.8 Å². The number of nitrogens with zero attached hydrogens (tertiary/aromatic N) is 1. The molecule has 0 aliphatic rings. The molecular weight excluding hydrogens is 242 g/mol. The van der Waals surface area contributed by atoms with Crippen LogP contribution < -0.4 is 11.3 Å². The fourth-order valence-electron chi connectivity index (χ4n) is 1.81. The van der Waals surface area contributed by atoms with Gasteiger partial charge in [-0.15, -0.1) is 0 Å². The Morgan fingerprint density at radius 2 is 2.00 bits per heavy atom. The number of nitrogen functional groups attached to an aromatic ring is 1. The summed E-state index contributed by atoms with van der Waals surface area (Å²) in [5.41, 5.74) is 3.99. The minimum atomic E-state index is 0.0225. The molecule has 0 spiro atoms. The van der Waals surface area contributed by atoms with Crippen LogP contribution in [0.1, 0.15) is 24.2 Å². The third-order valence-corrected chi connectivity index (χ3v) is 2.74. The fourth-order valence-corrected chi connectivity index (χ4v) is 1.81. The summed E-state index contributed by atoms with van der Waals surface area (Å²) in [6, 6.07) is 7.13. The Morgan fingerprint density at radius 3 is 2.47 bits per heavy atom. The van der Waals surface area contributed by atoms with Crippen molar-refractivity contribution in [3.8, 4) is 0 Å². The lowest BCUT2D eigenvalue weighted by atomic mass is 10.1. The van der Waals surface area contributed by atoms with Crippen LogP contribution in [0, 0.1) is 5.92 Å². The number of rotatable bonds is 7. The van der Waals surface area contributed by atoms with Crippen LogP contribution in [0.15, 0.2) is 24.3 Å². The van der Waals surface area contributed by atoms with Gasteiger partial charge in [0.05, 0.1) is 6.61 Å². The molecule has 0 radical (unpaired) electrons. The van der Waals surface area contributed by atoms with Gasteiger partial charge in [0.25, 0.3) is 5.91 Å². The molecule has 0 atom stereocenters. The summed E-state index contributed by atoms with van der Waals surface area (Å²) in [5, 5.41) is 0. The Balaban J connectivity index is 2.78. The Kier molecular flexibility index (Phi) is 6.32. The van der Waals surface area contributed by atoms with Crippen molar-refractivity contribution in [2.75, 3.05) is 32.2 Å². The van der Waals surface area contributed by atoms with E-state index in [9.17, 15) is 4.79 Å². The highest BCUT2D eigenvalue weighted by molar-refractivity contribution is 5.94. The predicted molar refractivity (Wildman–Crippen MR) is 76.9 cm³/mol. The lowest BCUT2D eigenvalue weighted by Gasteiger charge is -2.24. The molecule has 1 aromatic carbocycles. The summed E-state index contributed by atoms with van der Waals surface area (Å²) >= 11 is 0. The van der Waals surface area contributed by atoms with Crippen LogP contribution in [0.5, 0.6) is 0 Å². The number of carbonyl (C=O) groups is 1. The first-order chi connectivity index (χ1) is 9.08. The van der Waals surface area contributed by atoms with E-state index in [1.165, 1.54) is 0 Å². The summed E-state index contributed by atoms with van der Waals surface area (Å²) in [6.07, 6.45) is 0. The highest BCUT2D eigenvalue weighted by Gasteiger charge is 2.16. The zero-order valence-electron chi connectivity index (χ0n) is 11.8. The first kappa shape index (κ1) is 15.5. The monoisotopic (exact) mass is 265 g/mol. The van der Waals surface area contributed by atoms with E-state index >= 15 is 0 Å². The number of benzene rings is 1. The highest BCUT2D eigenvalue weighted by Crippen LogP contribution is 2.11. The topological polar surface area (TPSA) is 67.6 Å². The SMILES string of the molecule is COCCN(CC(C)C)C(=O)c1ccc(NN)cc1. The molecule has 0 aliphatic carbocycles. The molecule has 1 aromatic rings. The Morgan fingerprint density at radius 1 is 1.37 bits per heavy atom. The van der Waals surface area contributed by atoms with Gasteiger partial charge in [-0.1, -0.05) is 13.8 Å². The van der Waals surface area contributed by atoms with Crippen LogP contribution >= 0.6 is 0 Å². The third-order valence-electron chi connectivity index (χ3n) is 2.74. The van der Waals surface area contributed by atoms with E-state index in [4.69, 9.17) is 10.6 Å². The second kappa shape index (κ2) is 7.76. The van der Waals surface area contributed by atoms with Gasteiger partial charge in [0.15, 0.2) is 0 Å². The molecule has 0 fully saturated rings. The smallest absolute Gasteiger partial charge is 0.253 e. The number of hydrogen-bond acceptors (Lipinski definition) is 4. The number of nitrogens with two attached hydrogens (primary N) is 1. The largest absolute Gasteiger partial charge is 0.383 e. The van der Waals surface area contributed by atoms with Crippen LogP contribution in [0.25, 0.3) is 0 Å². The number of carbonyl (C=O) groups excluding carboxylic acids is 1. The molecule has 19 heavy (non-hydrogen) atoms. The van der Waals surface area contributed by atoms with Crippen LogP contribution in [0.4, 0.5) is 5.69 Å². The van der Waals surface area contributed by atoms with Gasteiger partial charge >= 0.3 is 0 Å². The molecule has 0 saturated heterocycles. The predicted octanol–water partition coefficient (Wildman–Crippen LogP) is 1.72. The van der Waals surface area contributed by atoms with Gasteiger partial charge in [0.1, 0.15) is 0 Å². The number of nitrogens with one attached hydrogen (secondary N) is 1. The Labute approximate surface area is 114 Å². The van der Waals surface area contributed by atoms with Crippen molar-refractivity contribution in [1.29, 1.82) is 0 Å². The van der Waals surface area contributed by atoms with Gasteiger partial charge in [0, 0.05) is 31.5 Å². The van der Waals surface area contributed by atoms with Crippen molar-refractivity contribution in [1.82, 2.24) is 4.90 Å². The van der Waals surface area contributed by atoms with E-state index in [1.807, 2.05) is 4.90 Å². The second-order valence-electron chi connectivity index (χ2n) is 4.86. The number of hydrogen-bond donors (Lipinski definition) is 2. The molecule has 0 aromatic heterocycles. The molecule has 1 amide bonds. The van der Waals surface area contributed by atoms with Crippen LogP contribution in [0.3, 0.4) is 0 Å². The molecule has 5 heteroatoms. The van der Waals surface area contributed by atoms with E-state index in [0.29, 0.717) is 24.6 Å². The number of anilines is 1. The maximum atomic E-state index is 12.4. The van der Waals surface area contributed by atoms with Gasteiger partial charge in [-0.2, -0.15) is 0 Å². The maximum Gasteiger partial charge on any atom is 0.253 e. The summed E-state index contributed by atoms with van der Waals surface area (Å²) in [4.78, 5) is 14.2. The van der Waals surface area contributed by atoms with Gasteiger partial charge < -0.3 is 15.1 Å². The molecule has 1 rings (SSSR count). The van der Waals surface area contributed by atoms with Gasteiger partial charge in [-0.25, -0.2) is 0 Å². The number of methoxy groups -OCH3 is 1. The van der Waals surface area contributed by atoms with Crippen molar-refractivity contribution in [3.05, 3.63) is 29.8 Å². The molecule has 0 bridgehead atoms. The first-order valence-electron chi connectivity index (χ1n) is 6.43. The Bertz CT molecular complexity index is 390. The van der Waals surface area contributed by atoms with E-state index < -0.39 is 0 Å². The molecule has 5 nitrogen and oxygen atoms in total. The zero-order valence-corrected chi connectivity index (χ0v) is 11.8. The van der Waals surface area contributed by atoms with Crippen molar-refractivity contribution >= 4 is 11.6 Å². The third kappa shape index (κ3) is 4.89. The average molecular weight is 265 g/mol. The summed E-state index contributed by atoms with van der Waals surface area (Å²) in [7, 11) is 1.64. The highest BCUT2D eigenvalue weighted by atomic mass is 16.5. The standard InChI is InChI=1S/C14H23N3O2/c1-11(2)10-17(8-9-19-3)14(18)12-4-6-13(16-15)7-5-12/h4-7,11,16H,8-10,15H2,1-3H3. The summed E-state index contributed by atoms with van der Waals surface area (Å²) in [6.45, 7) is 6.05. The molecule has 0 aliphatic heterocycles. The second-order valence-corrected chi connectivity index (χ2v) is 4.86. The van der Waals surface area contributed by atoms with E-state index in [1.54, 1.807) is 31.4 Å². The van der Waals surface area contributed by atoms with Crippen LogP contribution in [-0.4, -0.2) is 37.6 Å². The normalized spacial score (nSPS) is 10.6. The molecule has 0 unspecified atom stereocenters. The van der Waals surface area contributed by atoms with E-state index in [-0.39, 0.29) is 5.91 Å². The van der Waals surface area contributed by atoms with Gasteiger partial charge in [-0.3, -0.25) is 10.6 Å². The summed E-state index contributed by atoms with van der Waals surface area (Å²) < 4.78 is 5.06. The molecule has 0 saturated carbocycles. The molecule has 0 heterocycles. The fraction of sp³-hybridized carbons (Fsp3) is 0.500. The van der Waals surface area contributed by atoms with Gasteiger partial charge in [0.2, 0.25) is 0 Å². The summed E-state index contributed by atoms with van der Waals surface area (Å²) in [5.74, 6) is 5.75. The quantitative estimate of drug-likeness (QED) is 0.582. The van der Waals surface area contributed by atoms with Gasteiger partial charge in [-0.05, 0) is 30.2 Å². The average Bonchev–Trinajstić information content (AvgIpc) is 2.42. The number of amides is 1. The van der Waals surface area contributed by atoms with Crippen molar-refractivity contribution in [3.63, 3.8) is 0 Å². The van der Waals surface area contributed by atoms with Crippen molar-refractivity contribution < 1.29 is 9.53 Å². The first-order valence-corrected chi connectivity index (χ1v) is 6.43. The zero-order chi connectivity index (χ0) is 14.3. The lowest BCUT2D eigenvalue weighted by molar-refractivity contribution is 0.0672. The van der Waals surface area contributed by atoms with Crippen LogP contribution in [-0.2, 0) is 4.74 Å². The minimum absolute atomic E-state index is 0.0225. The lowest BCUT2D eigenvalue weighted by Crippen LogP contribution is -2.36. The van der Waals surface area contributed by atoms with Crippen LogP contribution in [0.2, 0.25) is 0 Å². The number of hydrazine groups is 1. The van der Waals surface area contributed by atoms with Crippen molar-refractivity contribution in [2.45, 2.75) is 13.8 Å². The van der Waals surface area contributed by atoms with E-state index in [0.717, 1.165) is 12.2 Å². The number of ether oxygens (including phenoxy) is 1. The maximum absolute atomic E-state index is 12.4. The van der Waals surface area contributed by atoms with E-state index in [2.05, 4.69) is 19.3 Å². The minimum Gasteiger partial charge on any atom is -0.383 e. The molecular formula is C14H23N3O2. The Hall–Kier alpha value is -1.59. The molecule has 3 N–H and O–H groups in total.